The number of alkyl carbamates (subject to hydrolysis) is 1. The van der Waals surface area contributed by atoms with Gasteiger partial charge in [0.2, 0.25) is 5.90 Å². The lowest BCUT2D eigenvalue weighted by molar-refractivity contribution is 0.0522. The fraction of sp³-hybridized carbons (Fsp3) is 0.393. The second kappa shape index (κ2) is 10.0. The number of fused-ring (bicyclic) bond motifs is 1. The number of benzene rings is 2. The van der Waals surface area contributed by atoms with Gasteiger partial charge < -0.3 is 19.4 Å². The highest BCUT2D eigenvalue weighted by Crippen LogP contribution is 2.34. The molecule has 190 valence electrons. The van der Waals surface area contributed by atoms with Crippen LogP contribution in [0.2, 0.25) is 0 Å². The van der Waals surface area contributed by atoms with Gasteiger partial charge in [-0.3, -0.25) is 4.79 Å². The molecule has 2 heterocycles. The van der Waals surface area contributed by atoms with E-state index in [0.29, 0.717) is 24.6 Å². The van der Waals surface area contributed by atoms with E-state index in [2.05, 4.69) is 24.3 Å². The molecule has 0 aliphatic carbocycles. The van der Waals surface area contributed by atoms with E-state index in [1.54, 1.807) is 9.58 Å². The summed E-state index contributed by atoms with van der Waals surface area (Å²) in [5, 5.41) is 10.5. The number of ether oxygens (including phenoxy) is 2. The zero-order valence-corrected chi connectivity index (χ0v) is 21.8. The Morgan fingerprint density at radius 1 is 1.14 bits per heavy atom. The zero-order valence-electron chi connectivity index (χ0n) is 21.8. The SMILES string of the molecule is CC1=NN(c2ccc3c(=O)n(CC(C)C)c(CNC(=O)OC(C)(C)C)c(-c4ccccc4)c3c2)CO1. The van der Waals surface area contributed by atoms with Crippen molar-refractivity contribution in [3.05, 3.63) is 64.6 Å². The van der Waals surface area contributed by atoms with Crippen LogP contribution >= 0.6 is 0 Å². The summed E-state index contributed by atoms with van der Waals surface area (Å²) >= 11 is 0. The molecule has 0 spiro atoms. The van der Waals surface area contributed by atoms with Gasteiger partial charge in [-0.25, -0.2) is 9.80 Å². The first-order chi connectivity index (χ1) is 17.0. The molecular weight excluding hydrogens is 456 g/mol. The summed E-state index contributed by atoms with van der Waals surface area (Å²) in [6.45, 7) is 12.4. The Morgan fingerprint density at radius 2 is 1.86 bits per heavy atom. The molecule has 1 aromatic heterocycles. The van der Waals surface area contributed by atoms with Gasteiger partial charge in [-0.1, -0.05) is 44.2 Å². The molecule has 0 saturated carbocycles. The fourth-order valence-corrected chi connectivity index (χ4v) is 4.30. The van der Waals surface area contributed by atoms with E-state index in [9.17, 15) is 9.59 Å². The first kappa shape index (κ1) is 25.3. The number of aromatic nitrogens is 1. The lowest BCUT2D eigenvalue weighted by Gasteiger charge is -2.24. The Bertz CT molecular complexity index is 1350. The summed E-state index contributed by atoms with van der Waals surface area (Å²) in [5.74, 6) is 0.815. The van der Waals surface area contributed by atoms with E-state index in [-0.39, 0.29) is 18.0 Å². The number of rotatable bonds is 6. The van der Waals surface area contributed by atoms with Crippen LogP contribution in [-0.4, -0.2) is 28.9 Å². The minimum atomic E-state index is -0.626. The second-order valence-electron chi connectivity index (χ2n) is 10.4. The van der Waals surface area contributed by atoms with Gasteiger partial charge in [0.25, 0.3) is 5.56 Å². The number of carbonyl (C=O) groups is 1. The lowest BCUT2D eigenvalue weighted by atomic mass is 9.95. The molecule has 2 aromatic carbocycles. The third-order valence-electron chi connectivity index (χ3n) is 5.73. The highest BCUT2D eigenvalue weighted by molar-refractivity contribution is 5.99. The Balaban J connectivity index is 1.94. The van der Waals surface area contributed by atoms with Crippen molar-refractivity contribution < 1.29 is 14.3 Å². The van der Waals surface area contributed by atoms with Crippen molar-refractivity contribution in [1.82, 2.24) is 9.88 Å². The number of anilines is 1. The van der Waals surface area contributed by atoms with Gasteiger partial charge in [0.15, 0.2) is 6.73 Å². The molecular formula is C28H34N4O4. The Kier molecular flexibility index (Phi) is 7.06. The monoisotopic (exact) mass is 490 g/mol. The second-order valence-corrected chi connectivity index (χ2v) is 10.4. The number of hydrogen-bond acceptors (Lipinski definition) is 6. The maximum Gasteiger partial charge on any atom is 0.407 e. The quantitative estimate of drug-likeness (QED) is 0.495. The van der Waals surface area contributed by atoms with E-state index in [1.807, 2.05) is 76.2 Å². The van der Waals surface area contributed by atoms with Gasteiger partial charge in [-0.15, -0.1) is 5.10 Å². The average Bonchev–Trinajstić information content (AvgIpc) is 3.25. The molecule has 1 amide bonds. The molecule has 4 rings (SSSR count). The summed E-state index contributed by atoms with van der Waals surface area (Å²) in [7, 11) is 0. The number of nitrogens with zero attached hydrogens (tertiary/aromatic N) is 3. The van der Waals surface area contributed by atoms with Gasteiger partial charge in [-0.05, 0) is 55.8 Å². The average molecular weight is 491 g/mol. The number of nitrogens with one attached hydrogen (secondary N) is 1. The van der Waals surface area contributed by atoms with Gasteiger partial charge in [0.05, 0.1) is 12.2 Å². The van der Waals surface area contributed by atoms with Crippen LogP contribution in [-0.2, 0) is 22.6 Å². The molecule has 36 heavy (non-hydrogen) atoms. The molecule has 0 saturated heterocycles. The van der Waals surface area contributed by atoms with Gasteiger partial charge in [0.1, 0.15) is 5.60 Å². The van der Waals surface area contributed by atoms with Crippen molar-refractivity contribution in [2.24, 2.45) is 11.0 Å². The third kappa shape index (κ3) is 5.53. The molecule has 8 nitrogen and oxygen atoms in total. The predicted molar refractivity (Wildman–Crippen MR) is 143 cm³/mol. The predicted octanol–water partition coefficient (Wildman–Crippen LogP) is 5.48. The molecule has 0 atom stereocenters. The summed E-state index contributed by atoms with van der Waals surface area (Å²) in [4.78, 5) is 26.3. The molecule has 0 bridgehead atoms. The Morgan fingerprint density at radius 3 is 2.47 bits per heavy atom. The molecule has 1 aliphatic rings. The van der Waals surface area contributed by atoms with E-state index in [1.165, 1.54) is 0 Å². The van der Waals surface area contributed by atoms with Crippen LogP contribution in [0.3, 0.4) is 0 Å². The van der Waals surface area contributed by atoms with Gasteiger partial charge in [0, 0.05) is 30.1 Å². The highest BCUT2D eigenvalue weighted by Gasteiger charge is 2.23. The van der Waals surface area contributed by atoms with Crippen molar-refractivity contribution in [2.75, 3.05) is 11.7 Å². The van der Waals surface area contributed by atoms with Crippen molar-refractivity contribution in [1.29, 1.82) is 0 Å². The number of pyridine rings is 1. The number of hydrogen-bond donors (Lipinski definition) is 1. The van der Waals surface area contributed by atoms with Crippen molar-refractivity contribution in [2.45, 2.75) is 60.2 Å². The van der Waals surface area contributed by atoms with Crippen molar-refractivity contribution >= 4 is 28.5 Å². The standard InChI is InChI=1S/C28H34N4O4/c1-18(2)16-31-24(15-29-27(34)36-28(4,5)6)25(20-10-8-7-9-11-20)23-14-21(12-13-22(23)26(31)33)32-17-35-19(3)30-32/h7-14,18H,15-17H2,1-6H3,(H,29,34). The maximum atomic E-state index is 13.8. The van der Waals surface area contributed by atoms with E-state index >= 15 is 0 Å². The van der Waals surface area contributed by atoms with Crippen LogP contribution < -0.4 is 15.9 Å². The largest absolute Gasteiger partial charge is 0.457 e. The summed E-state index contributed by atoms with van der Waals surface area (Å²) in [6.07, 6.45) is -0.530. The molecule has 0 fully saturated rings. The van der Waals surface area contributed by atoms with Crippen LogP contribution in [0.4, 0.5) is 10.5 Å². The zero-order chi connectivity index (χ0) is 26.0. The highest BCUT2D eigenvalue weighted by atomic mass is 16.6. The first-order valence-electron chi connectivity index (χ1n) is 12.2. The van der Waals surface area contributed by atoms with Crippen LogP contribution in [0, 0.1) is 5.92 Å². The number of amides is 1. The minimum absolute atomic E-state index is 0.0942. The third-order valence-corrected chi connectivity index (χ3v) is 5.73. The maximum absolute atomic E-state index is 13.8. The van der Waals surface area contributed by atoms with Crippen LogP contribution in [0.25, 0.3) is 21.9 Å². The number of hydrazone groups is 1. The molecule has 8 heteroatoms. The molecule has 0 unspecified atom stereocenters. The van der Waals surface area contributed by atoms with E-state index in [0.717, 1.165) is 27.9 Å². The molecule has 1 aliphatic heterocycles. The van der Waals surface area contributed by atoms with E-state index in [4.69, 9.17) is 9.47 Å². The van der Waals surface area contributed by atoms with Gasteiger partial charge in [-0.2, -0.15) is 0 Å². The van der Waals surface area contributed by atoms with E-state index < -0.39 is 11.7 Å². The van der Waals surface area contributed by atoms with Gasteiger partial charge >= 0.3 is 6.09 Å². The lowest BCUT2D eigenvalue weighted by Crippen LogP contribution is -2.35. The first-order valence-corrected chi connectivity index (χ1v) is 12.2. The fourth-order valence-electron chi connectivity index (χ4n) is 4.30. The molecule has 1 N–H and O–H groups in total. The number of carbonyl (C=O) groups excluding carboxylic acids is 1. The van der Waals surface area contributed by atoms with Crippen molar-refractivity contribution in [3.8, 4) is 11.1 Å². The Hall–Kier alpha value is -3.81. The molecule has 3 aromatic rings. The van der Waals surface area contributed by atoms with Crippen LogP contribution in [0.15, 0.2) is 58.4 Å². The summed E-state index contributed by atoms with van der Waals surface area (Å²) in [5.41, 5.74) is 2.68. The topological polar surface area (TPSA) is 85.2 Å². The smallest absolute Gasteiger partial charge is 0.407 e. The van der Waals surface area contributed by atoms with Crippen molar-refractivity contribution in [3.63, 3.8) is 0 Å². The summed E-state index contributed by atoms with van der Waals surface area (Å²) < 4.78 is 12.8. The Labute approximate surface area is 211 Å². The van der Waals surface area contributed by atoms with Crippen LogP contribution in [0.1, 0.15) is 47.2 Å². The van der Waals surface area contributed by atoms with Crippen LogP contribution in [0.5, 0.6) is 0 Å². The molecule has 0 radical (unpaired) electrons. The summed E-state index contributed by atoms with van der Waals surface area (Å²) in [6, 6.07) is 15.6. The minimum Gasteiger partial charge on any atom is -0.457 e. The normalized spacial score (nSPS) is 13.6.